The minimum Gasteiger partial charge on any atom is -0.204 e. The molecule has 0 aliphatic heterocycles. The number of nitrogens with zero attached hydrogens (tertiary/aromatic N) is 1. The molecule has 108 valence electrons. The van der Waals surface area contributed by atoms with Gasteiger partial charge in [-0.3, -0.25) is 0 Å². The lowest BCUT2D eigenvalue weighted by molar-refractivity contribution is 0.173. The molecule has 1 saturated carbocycles. The Morgan fingerprint density at radius 1 is 1.30 bits per heavy atom. The average Bonchev–Trinajstić information content (AvgIpc) is 2.44. The van der Waals surface area contributed by atoms with Crippen LogP contribution < -0.4 is 0 Å². The zero-order valence-corrected chi connectivity index (χ0v) is 12.1. The quantitative estimate of drug-likeness (QED) is 0.773. The van der Waals surface area contributed by atoms with Gasteiger partial charge in [-0.25, -0.2) is 8.78 Å². The van der Waals surface area contributed by atoms with Gasteiger partial charge < -0.3 is 0 Å². The number of rotatable bonds is 3. The van der Waals surface area contributed by atoms with Crippen LogP contribution in [-0.4, -0.2) is 0 Å². The molecule has 0 atom stereocenters. The Morgan fingerprint density at radius 3 is 2.50 bits per heavy atom. The molecule has 0 spiro atoms. The van der Waals surface area contributed by atoms with E-state index in [9.17, 15) is 14.0 Å². The van der Waals surface area contributed by atoms with Crippen molar-refractivity contribution in [2.24, 2.45) is 17.3 Å². The van der Waals surface area contributed by atoms with E-state index in [0.717, 1.165) is 31.7 Å². The second kappa shape index (κ2) is 5.91. The monoisotopic (exact) mass is 277 g/mol. The van der Waals surface area contributed by atoms with Crippen molar-refractivity contribution in [3.63, 3.8) is 0 Å². The Kier molecular flexibility index (Phi) is 4.42. The summed E-state index contributed by atoms with van der Waals surface area (Å²) >= 11 is 0. The van der Waals surface area contributed by atoms with Gasteiger partial charge in [0.15, 0.2) is 11.6 Å². The average molecular weight is 277 g/mol. The molecular formula is C17H21F2N. The number of hydrogen-bond donors (Lipinski definition) is 0. The van der Waals surface area contributed by atoms with Crippen LogP contribution in [-0.2, 0) is 6.42 Å². The molecule has 0 N–H and O–H groups in total. The van der Waals surface area contributed by atoms with E-state index in [2.05, 4.69) is 19.9 Å². The molecule has 20 heavy (non-hydrogen) atoms. The zero-order valence-electron chi connectivity index (χ0n) is 12.1. The van der Waals surface area contributed by atoms with Crippen molar-refractivity contribution in [2.75, 3.05) is 0 Å². The summed E-state index contributed by atoms with van der Waals surface area (Å²) in [6.45, 7) is 4.41. The second-order valence-corrected chi connectivity index (χ2v) is 6.36. The third-order valence-corrected chi connectivity index (χ3v) is 4.73. The number of halogens is 2. The molecule has 0 heterocycles. The Bertz CT molecular complexity index is 508. The van der Waals surface area contributed by atoms with Crippen molar-refractivity contribution in [1.82, 2.24) is 0 Å². The van der Waals surface area contributed by atoms with E-state index < -0.39 is 17.0 Å². The SMILES string of the molecule is CC(C)C1CCC(C#N)(Cc2cccc(F)c2F)CC1. The summed E-state index contributed by atoms with van der Waals surface area (Å²) in [5.74, 6) is -0.356. The smallest absolute Gasteiger partial charge is 0.162 e. The fourth-order valence-corrected chi connectivity index (χ4v) is 3.24. The van der Waals surface area contributed by atoms with E-state index in [4.69, 9.17) is 0 Å². The maximum absolute atomic E-state index is 13.8. The normalized spacial score (nSPS) is 26.5. The first-order valence-corrected chi connectivity index (χ1v) is 7.31. The van der Waals surface area contributed by atoms with E-state index in [1.807, 2.05) is 0 Å². The highest BCUT2D eigenvalue weighted by molar-refractivity contribution is 5.23. The van der Waals surface area contributed by atoms with E-state index in [0.29, 0.717) is 23.8 Å². The van der Waals surface area contributed by atoms with Gasteiger partial charge in [0.2, 0.25) is 0 Å². The van der Waals surface area contributed by atoms with Gasteiger partial charge in [0.25, 0.3) is 0 Å². The van der Waals surface area contributed by atoms with Gasteiger partial charge in [-0.1, -0.05) is 26.0 Å². The van der Waals surface area contributed by atoms with Gasteiger partial charge in [0, 0.05) is 0 Å². The lowest BCUT2D eigenvalue weighted by atomic mass is 9.66. The summed E-state index contributed by atoms with van der Waals surface area (Å²) in [5, 5.41) is 9.52. The summed E-state index contributed by atoms with van der Waals surface area (Å²) < 4.78 is 27.1. The minimum absolute atomic E-state index is 0.317. The van der Waals surface area contributed by atoms with Crippen molar-refractivity contribution in [1.29, 1.82) is 5.26 Å². The van der Waals surface area contributed by atoms with Crippen LogP contribution in [0.4, 0.5) is 8.78 Å². The first kappa shape index (κ1) is 15.0. The summed E-state index contributed by atoms with van der Waals surface area (Å²) in [6, 6.07) is 6.60. The molecule has 0 saturated heterocycles. The third kappa shape index (κ3) is 3.00. The first-order chi connectivity index (χ1) is 9.47. The summed E-state index contributed by atoms with van der Waals surface area (Å²) in [6.07, 6.45) is 3.88. The number of benzene rings is 1. The van der Waals surface area contributed by atoms with Crippen LogP contribution >= 0.6 is 0 Å². The Hall–Kier alpha value is -1.43. The van der Waals surface area contributed by atoms with Crippen LogP contribution in [0.5, 0.6) is 0 Å². The Labute approximate surface area is 119 Å². The van der Waals surface area contributed by atoms with E-state index in [-0.39, 0.29) is 0 Å². The molecule has 0 unspecified atom stereocenters. The molecule has 1 aromatic carbocycles. The van der Waals surface area contributed by atoms with Crippen LogP contribution in [0.2, 0.25) is 0 Å². The van der Waals surface area contributed by atoms with Crippen LogP contribution in [0, 0.1) is 40.2 Å². The van der Waals surface area contributed by atoms with Crippen molar-refractivity contribution in [3.8, 4) is 6.07 Å². The lowest BCUT2D eigenvalue weighted by Crippen LogP contribution is -2.30. The third-order valence-electron chi connectivity index (χ3n) is 4.73. The second-order valence-electron chi connectivity index (χ2n) is 6.36. The van der Waals surface area contributed by atoms with Gasteiger partial charge in [0.05, 0.1) is 11.5 Å². The van der Waals surface area contributed by atoms with Crippen molar-refractivity contribution in [3.05, 3.63) is 35.4 Å². The molecule has 0 bridgehead atoms. The van der Waals surface area contributed by atoms with E-state index in [1.54, 1.807) is 6.07 Å². The predicted octanol–water partition coefficient (Wildman–Crippen LogP) is 4.86. The van der Waals surface area contributed by atoms with Gasteiger partial charge >= 0.3 is 0 Å². The fraction of sp³-hybridized carbons (Fsp3) is 0.588. The molecule has 2 rings (SSSR count). The van der Waals surface area contributed by atoms with Gasteiger partial charge in [0.1, 0.15) is 0 Å². The fourth-order valence-electron chi connectivity index (χ4n) is 3.24. The molecule has 0 amide bonds. The number of hydrogen-bond acceptors (Lipinski definition) is 1. The van der Waals surface area contributed by atoms with Crippen LogP contribution in [0.25, 0.3) is 0 Å². The maximum atomic E-state index is 13.8. The van der Waals surface area contributed by atoms with Crippen LogP contribution in [0.1, 0.15) is 45.1 Å². The van der Waals surface area contributed by atoms with Crippen molar-refractivity contribution >= 4 is 0 Å². The highest BCUT2D eigenvalue weighted by Gasteiger charge is 2.37. The van der Waals surface area contributed by atoms with Crippen LogP contribution in [0.15, 0.2) is 18.2 Å². The topological polar surface area (TPSA) is 23.8 Å². The molecule has 0 aromatic heterocycles. The standard InChI is InChI=1S/C17H21F2N/c1-12(2)13-6-8-17(11-20,9-7-13)10-14-4-3-5-15(18)16(14)19/h3-5,12-13H,6-10H2,1-2H3. The highest BCUT2D eigenvalue weighted by atomic mass is 19.2. The molecule has 1 nitrogen and oxygen atoms in total. The molecule has 1 aliphatic rings. The van der Waals surface area contributed by atoms with Crippen molar-refractivity contribution < 1.29 is 8.78 Å². The summed E-state index contributed by atoms with van der Waals surface area (Å²) in [7, 11) is 0. The van der Waals surface area contributed by atoms with Crippen LogP contribution in [0.3, 0.4) is 0 Å². The van der Waals surface area contributed by atoms with Crippen molar-refractivity contribution in [2.45, 2.75) is 46.0 Å². The van der Waals surface area contributed by atoms with Gasteiger partial charge in [-0.15, -0.1) is 0 Å². The predicted molar refractivity (Wildman–Crippen MR) is 74.9 cm³/mol. The van der Waals surface area contributed by atoms with Gasteiger partial charge in [-0.2, -0.15) is 5.26 Å². The zero-order chi connectivity index (χ0) is 14.8. The molecule has 1 aliphatic carbocycles. The first-order valence-electron chi connectivity index (χ1n) is 7.31. The highest BCUT2D eigenvalue weighted by Crippen LogP contribution is 2.43. The summed E-state index contributed by atoms with van der Waals surface area (Å²) in [5.41, 5.74) is -0.199. The lowest BCUT2D eigenvalue weighted by Gasteiger charge is -2.36. The largest absolute Gasteiger partial charge is 0.204 e. The Balaban J connectivity index is 2.14. The van der Waals surface area contributed by atoms with Gasteiger partial charge in [-0.05, 0) is 55.6 Å². The molecule has 1 fully saturated rings. The maximum Gasteiger partial charge on any atom is 0.162 e. The van der Waals surface area contributed by atoms with E-state index >= 15 is 0 Å². The summed E-state index contributed by atoms with van der Waals surface area (Å²) in [4.78, 5) is 0. The molecular weight excluding hydrogens is 256 g/mol. The Morgan fingerprint density at radius 2 is 1.95 bits per heavy atom. The number of nitriles is 1. The van der Waals surface area contributed by atoms with E-state index in [1.165, 1.54) is 6.07 Å². The molecule has 1 aromatic rings. The molecule has 3 heteroatoms. The molecule has 0 radical (unpaired) electrons. The minimum atomic E-state index is -0.827.